The van der Waals surface area contributed by atoms with Gasteiger partial charge in [0.05, 0.1) is 17.7 Å². The van der Waals surface area contributed by atoms with Crippen LogP contribution in [0.25, 0.3) is 0 Å². The van der Waals surface area contributed by atoms with Gasteiger partial charge in [-0.1, -0.05) is 31.0 Å². The number of aliphatic imine (C=N–C) groups is 1. The fourth-order valence-electron chi connectivity index (χ4n) is 4.47. The predicted molar refractivity (Wildman–Crippen MR) is 189 cm³/mol. The van der Waals surface area contributed by atoms with Crippen molar-refractivity contribution < 1.29 is 9.66 Å². The largest absolute Gasteiger partial charge is 0.497 e. The number of pyridine rings is 1. The molecule has 2 aromatic heterocycles. The maximum atomic E-state index is 11.1. The van der Waals surface area contributed by atoms with E-state index in [1.54, 1.807) is 18.9 Å². The zero-order valence-electron chi connectivity index (χ0n) is 26.6. The van der Waals surface area contributed by atoms with Gasteiger partial charge in [-0.25, -0.2) is 9.97 Å². The van der Waals surface area contributed by atoms with Crippen molar-refractivity contribution in [3.63, 3.8) is 0 Å². The highest BCUT2D eigenvalue weighted by atomic mass is 32.2. The topological polar surface area (TPSA) is 173 Å². The summed E-state index contributed by atoms with van der Waals surface area (Å²) >= 11 is 3.06. The minimum Gasteiger partial charge on any atom is -0.497 e. The molecule has 0 radical (unpaired) electrons. The second-order valence-corrected chi connectivity index (χ2v) is 12.5. The molecule has 15 heteroatoms. The van der Waals surface area contributed by atoms with Crippen LogP contribution in [0.4, 0.5) is 10.9 Å². The monoisotopic (exact) mass is 670 g/mol. The lowest BCUT2D eigenvalue weighted by Gasteiger charge is -2.27. The number of nitrogens with one attached hydrogen (secondary N) is 2. The van der Waals surface area contributed by atoms with E-state index < -0.39 is 4.92 Å². The molecule has 3 rings (SSSR count). The van der Waals surface area contributed by atoms with E-state index in [4.69, 9.17) is 16.2 Å². The van der Waals surface area contributed by atoms with Gasteiger partial charge in [0.1, 0.15) is 11.6 Å². The smallest absolute Gasteiger partial charge is 0.274 e. The third-order valence-electron chi connectivity index (χ3n) is 6.85. The fraction of sp³-hybridized carbons (Fsp3) is 0.452. The number of guanidine groups is 1. The number of benzene rings is 1. The minimum atomic E-state index is -0.440. The summed E-state index contributed by atoms with van der Waals surface area (Å²) in [6.45, 7) is 4.84. The second-order valence-electron chi connectivity index (χ2n) is 10.6. The number of ether oxygens (including phenoxy) is 1. The lowest BCUT2D eigenvalue weighted by atomic mass is 10.2. The lowest BCUT2D eigenvalue weighted by molar-refractivity contribution is -0.404. The Bertz CT molecular complexity index is 1350. The van der Waals surface area contributed by atoms with E-state index in [-0.39, 0.29) is 5.96 Å². The van der Waals surface area contributed by atoms with Gasteiger partial charge in [-0.05, 0) is 56.3 Å². The van der Waals surface area contributed by atoms with Crippen LogP contribution in [0.15, 0.2) is 71.1 Å². The highest BCUT2D eigenvalue weighted by Gasteiger charge is 2.11. The van der Waals surface area contributed by atoms with Crippen LogP contribution in [0, 0.1) is 10.1 Å². The molecule has 0 amide bonds. The zero-order chi connectivity index (χ0) is 33.0. The van der Waals surface area contributed by atoms with E-state index in [1.807, 2.05) is 35.8 Å². The summed E-state index contributed by atoms with van der Waals surface area (Å²) in [5, 5.41) is 19.8. The Morgan fingerprint density at radius 3 is 2.59 bits per heavy atom. The Hall–Kier alpha value is -4.08. The first-order valence-corrected chi connectivity index (χ1v) is 17.3. The van der Waals surface area contributed by atoms with Crippen molar-refractivity contribution in [2.45, 2.75) is 38.0 Å². The average molecular weight is 671 g/mol. The van der Waals surface area contributed by atoms with Crippen LogP contribution in [0.3, 0.4) is 0 Å². The Morgan fingerprint density at radius 1 is 1.09 bits per heavy atom. The molecule has 0 bridgehead atoms. The SMILES string of the molecule is COc1ccc(CN(CCN(C)CCCCCCNC(=C[N+](=O)[O-])NCCSCc2csc(N=C(N)N)n2)c2ccccn2)cc1. The molecule has 0 saturated carbocycles. The number of anilines is 1. The molecular weight excluding hydrogens is 625 g/mol. The van der Waals surface area contributed by atoms with E-state index in [1.165, 1.54) is 16.9 Å². The first-order chi connectivity index (χ1) is 22.3. The zero-order valence-corrected chi connectivity index (χ0v) is 28.3. The molecule has 0 aliphatic heterocycles. The first-order valence-electron chi connectivity index (χ1n) is 15.2. The number of thiazole rings is 1. The van der Waals surface area contributed by atoms with Crippen LogP contribution in [0.5, 0.6) is 5.75 Å². The molecule has 2 heterocycles. The van der Waals surface area contributed by atoms with Gasteiger partial charge in [0.25, 0.3) is 6.20 Å². The highest BCUT2D eigenvalue weighted by molar-refractivity contribution is 7.98. The molecular formula is C31H46N10O3S2. The summed E-state index contributed by atoms with van der Waals surface area (Å²) in [7, 11) is 3.83. The van der Waals surface area contributed by atoms with E-state index in [0.29, 0.717) is 29.8 Å². The Labute approximate surface area is 279 Å². The second kappa shape index (κ2) is 20.9. The first kappa shape index (κ1) is 36.4. The van der Waals surface area contributed by atoms with Gasteiger partial charge in [0.15, 0.2) is 11.8 Å². The van der Waals surface area contributed by atoms with Gasteiger partial charge >= 0.3 is 0 Å². The summed E-state index contributed by atoms with van der Waals surface area (Å²) in [6.07, 6.45) is 7.01. The van der Waals surface area contributed by atoms with Crippen molar-refractivity contribution in [2.75, 3.05) is 57.5 Å². The van der Waals surface area contributed by atoms with E-state index in [0.717, 1.165) is 81.1 Å². The number of nitrogens with two attached hydrogens (primary N) is 2. The van der Waals surface area contributed by atoms with Crippen molar-refractivity contribution in [1.82, 2.24) is 25.5 Å². The molecule has 46 heavy (non-hydrogen) atoms. The molecule has 250 valence electrons. The maximum absolute atomic E-state index is 11.1. The summed E-state index contributed by atoms with van der Waals surface area (Å²) in [5.74, 6) is 3.71. The standard InChI is InChI=1S/C31H46N10O3S2/c1-39(18-19-40(29-9-5-7-15-36-29)21-25-10-12-27(44-2)13-11-25)17-8-4-3-6-14-34-28(22-41(42)43)35-16-20-45-23-26-24-46-31(37-26)38-30(32)33/h5,7,9-13,15,22,24,34-35H,3-4,6,8,14,16-21,23H2,1-2H3,(H4,32,33,37,38). The Balaban J connectivity index is 1.28. The number of nitro groups is 1. The van der Waals surface area contributed by atoms with Gasteiger partial charge in [-0.2, -0.15) is 16.8 Å². The van der Waals surface area contributed by atoms with Crippen LogP contribution in [-0.2, 0) is 12.3 Å². The molecule has 3 aromatic rings. The van der Waals surface area contributed by atoms with E-state index in [2.05, 4.69) is 60.6 Å². The number of methoxy groups -OCH3 is 1. The quantitative estimate of drug-likeness (QED) is 0.0374. The molecule has 0 fully saturated rings. The molecule has 13 nitrogen and oxygen atoms in total. The number of rotatable bonds is 23. The van der Waals surface area contributed by atoms with E-state index >= 15 is 0 Å². The third kappa shape index (κ3) is 14.8. The molecule has 1 aromatic carbocycles. The van der Waals surface area contributed by atoms with Crippen molar-refractivity contribution in [2.24, 2.45) is 16.5 Å². The van der Waals surface area contributed by atoms with Gasteiger partial charge < -0.3 is 36.6 Å². The Kier molecular flexibility index (Phi) is 16.5. The van der Waals surface area contributed by atoms with Crippen LogP contribution in [0.2, 0.25) is 0 Å². The highest BCUT2D eigenvalue weighted by Crippen LogP contribution is 2.21. The van der Waals surface area contributed by atoms with Crippen molar-refractivity contribution >= 4 is 40.0 Å². The van der Waals surface area contributed by atoms with Gasteiger partial charge in [0.2, 0.25) is 5.13 Å². The lowest BCUT2D eigenvalue weighted by Crippen LogP contribution is -2.34. The number of thioether (sulfide) groups is 1. The molecule has 0 spiro atoms. The summed E-state index contributed by atoms with van der Waals surface area (Å²) < 4.78 is 5.30. The molecule has 0 saturated heterocycles. The van der Waals surface area contributed by atoms with Crippen molar-refractivity contribution in [3.8, 4) is 5.75 Å². The number of unbranched alkanes of at least 4 members (excludes halogenated alkanes) is 3. The molecule has 6 N–H and O–H groups in total. The van der Waals surface area contributed by atoms with Crippen LogP contribution in [0.1, 0.15) is 36.9 Å². The van der Waals surface area contributed by atoms with Gasteiger partial charge in [0, 0.05) is 55.8 Å². The van der Waals surface area contributed by atoms with Gasteiger partial charge in [-0.15, -0.1) is 11.3 Å². The summed E-state index contributed by atoms with van der Waals surface area (Å²) in [5.41, 5.74) is 12.9. The Morgan fingerprint density at radius 2 is 1.87 bits per heavy atom. The van der Waals surface area contributed by atoms with Crippen LogP contribution in [-0.4, -0.2) is 78.4 Å². The van der Waals surface area contributed by atoms with Crippen LogP contribution >= 0.6 is 23.1 Å². The minimum absolute atomic E-state index is 0.0136. The maximum Gasteiger partial charge on any atom is 0.274 e. The number of hydrogen-bond donors (Lipinski definition) is 4. The summed E-state index contributed by atoms with van der Waals surface area (Å²) in [6, 6.07) is 14.2. The van der Waals surface area contributed by atoms with E-state index in [9.17, 15) is 10.1 Å². The van der Waals surface area contributed by atoms with Crippen LogP contribution < -0.4 is 31.7 Å². The third-order valence-corrected chi connectivity index (χ3v) is 8.63. The number of hydrogen-bond acceptors (Lipinski definition) is 12. The van der Waals surface area contributed by atoms with Crippen molar-refractivity contribution in [3.05, 3.63) is 87.4 Å². The summed E-state index contributed by atoms with van der Waals surface area (Å²) in [4.78, 5) is 28.2. The predicted octanol–water partition coefficient (Wildman–Crippen LogP) is 4.14. The number of likely N-dealkylation sites (N-methyl/N-ethyl adjacent to an activating group) is 1. The van der Waals surface area contributed by atoms with Crippen molar-refractivity contribution in [1.29, 1.82) is 0 Å². The number of aromatic nitrogens is 2. The average Bonchev–Trinajstić information content (AvgIpc) is 3.48. The number of nitrogens with zero attached hydrogens (tertiary/aromatic N) is 6. The molecule has 0 atom stereocenters. The molecule has 0 aliphatic rings. The molecule has 0 unspecified atom stereocenters. The van der Waals surface area contributed by atoms with Gasteiger partial charge in [-0.3, -0.25) is 10.1 Å². The normalized spacial score (nSPS) is 11.3. The molecule has 0 aliphatic carbocycles. The fourth-order valence-corrected chi connectivity index (χ4v) is 6.03.